The molecule has 1 aliphatic rings. The van der Waals surface area contributed by atoms with E-state index in [1.807, 2.05) is 0 Å². The Morgan fingerprint density at radius 3 is 2.79 bits per heavy atom. The van der Waals surface area contributed by atoms with Gasteiger partial charge in [0.05, 0.1) is 4.47 Å². The molecule has 0 atom stereocenters. The minimum atomic E-state index is -0.923. The molecule has 0 spiro atoms. The quantitative estimate of drug-likeness (QED) is 0.669. The van der Waals surface area contributed by atoms with E-state index in [0.29, 0.717) is 15.8 Å². The number of carbonyl (C=O) groups excluding carboxylic acids is 1. The maximum atomic E-state index is 11.5. The summed E-state index contributed by atoms with van der Waals surface area (Å²) in [5.41, 5.74) is 0.346. The van der Waals surface area contributed by atoms with Crippen LogP contribution in [0.3, 0.4) is 0 Å². The molecule has 2 rings (SSSR count). The lowest BCUT2D eigenvalue weighted by molar-refractivity contribution is -0.127. The Balaban J connectivity index is 2.56. The molecule has 14 heavy (non-hydrogen) atoms. The van der Waals surface area contributed by atoms with Crippen LogP contribution in [0.15, 0.2) is 16.9 Å². The molecule has 0 saturated carbocycles. The van der Waals surface area contributed by atoms with Crippen molar-refractivity contribution in [3.63, 3.8) is 0 Å². The van der Waals surface area contributed by atoms with E-state index in [1.165, 1.54) is 6.20 Å². The van der Waals surface area contributed by atoms with Crippen molar-refractivity contribution in [2.45, 2.75) is 19.6 Å². The lowest BCUT2D eigenvalue weighted by atomic mass is 10.2. The topological polar surface area (TPSA) is 48.4 Å². The zero-order chi connectivity index (χ0) is 10.3. The van der Waals surface area contributed by atoms with E-state index in [0.717, 1.165) is 0 Å². The minimum absolute atomic E-state index is 0.346. The molecule has 0 aliphatic carbocycles. The number of nitrogens with zero attached hydrogens (tertiary/aromatic N) is 1. The van der Waals surface area contributed by atoms with Gasteiger partial charge in [0.2, 0.25) is 5.79 Å². The second-order valence-corrected chi connectivity index (χ2v) is 4.24. The number of hydrogen-bond acceptors (Lipinski definition) is 4. The molecule has 0 N–H and O–H groups in total. The van der Waals surface area contributed by atoms with Crippen LogP contribution in [0, 0.1) is 0 Å². The lowest BCUT2D eigenvalue weighted by Gasteiger charge is -2.31. The first-order chi connectivity index (χ1) is 6.49. The van der Waals surface area contributed by atoms with Crippen molar-refractivity contribution in [1.82, 2.24) is 4.98 Å². The van der Waals surface area contributed by atoms with Gasteiger partial charge in [-0.2, -0.15) is 0 Å². The molecule has 0 bridgehead atoms. The van der Waals surface area contributed by atoms with E-state index in [-0.39, 0.29) is 0 Å². The normalized spacial score (nSPS) is 18.1. The molecule has 1 aliphatic heterocycles. The fourth-order valence-corrected chi connectivity index (χ4v) is 1.63. The molecule has 0 fully saturated rings. The smallest absolute Gasteiger partial charge is 0.346 e. The highest BCUT2D eigenvalue weighted by Gasteiger charge is 2.35. The average molecular weight is 258 g/mol. The molecule has 0 aromatic carbocycles. The molecular formula is C9H8BrNO3. The molecule has 5 heteroatoms. The molecule has 0 saturated heterocycles. The Labute approximate surface area is 89.4 Å². The fraction of sp³-hybridized carbons (Fsp3) is 0.333. The lowest BCUT2D eigenvalue weighted by Crippen LogP contribution is -2.39. The van der Waals surface area contributed by atoms with E-state index in [1.54, 1.807) is 20.0 Å². The number of cyclic esters (lactones) is 1. The Hall–Kier alpha value is -1.10. The number of fused-ring (bicyclic) bond motifs is 1. The van der Waals surface area contributed by atoms with Crippen molar-refractivity contribution in [3.8, 4) is 5.75 Å². The molecule has 2 heterocycles. The maximum absolute atomic E-state index is 11.5. The number of aromatic nitrogens is 1. The predicted octanol–water partition coefficient (Wildman–Crippen LogP) is 2.13. The summed E-state index contributed by atoms with van der Waals surface area (Å²) in [5, 5.41) is 0. The maximum Gasteiger partial charge on any atom is 0.346 e. The molecule has 74 valence electrons. The van der Waals surface area contributed by atoms with Crippen molar-refractivity contribution in [1.29, 1.82) is 0 Å². The summed E-state index contributed by atoms with van der Waals surface area (Å²) in [6, 6.07) is 0. The monoisotopic (exact) mass is 257 g/mol. The Bertz CT molecular complexity index is 403. The van der Waals surface area contributed by atoms with Crippen LogP contribution in [0.25, 0.3) is 0 Å². The van der Waals surface area contributed by atoms with Crippen LogP contribution in [0.1, 0.15) is 24.2 Å². The number of ether oxygens (including phenoxy) is 2. The summed E-state index contributed by atoms with van der Waals surface area (Å²) >= 11 is 3.27. The van der Waals surface area contributed by atoms with E-state index in [4.69, 9.17) is 9.47 Å². The highest BCUT2D eigenvalue weighted by Crippen LogP contribution is 2.36. The molecular weight excluding hydrogens is 250 g/mol. The van der Waals surface area contributed by atoms with Crippen molar-refractivity contribution in [2.24, 2.45) is 0 Å². The Morgan fingerprint density at radius 1 is 1.36 bits per heavy atom. The van der Waals surface area contributed by atoms with Crippen LogP contribution in [0.5, 0.6) is 5.75 Å². The Kier molecular flexibility index (Phi) is 1.99. The van der Waals surface area contributed by atoms with Gasteiger partial charge in [-0.25, -0.2) is 4.79 Å². The van der Waals surface area contributed by atoms with Gasteiger partial charge in [0.15, 0.2) is 5.75 Å². The summed E-state index contributed by atoms with van der Waals surface area (Å²) in [7, 11) is 0. The molecule has 0 radical (unpaired) electrons. The third kappa shape index (κ3) is 1.48. The van der Waals surface area contributed by atoms with Crippen LogP contribution in [0.2, 0.25) is 0 Å². The Morgan fingerprint density at radius 2 is 2.07 bits per heavy atom. The van der Waals surface area contributed by atoms with Crippen LogP contribution >= 0.6 is 15.9 Å². The summed E-state index contributed by atoms with van der Waals surface area (Å²) in [6.07, 6.45) is 3.01. The van der Waals surface area contributed by atoms with E-state index >= 15 is 0 Å². The third-order valence-electron chi connectivity index (χ3n) is 1.76. The molecule has 4 nitrogen and oxygen atoms in total. The van der Waals surface area contributed by atoms with Crippen LogP contribution < -0.4 is 4.74 Å². The summed E-state index contributed by atoms with van der Waals surface area (Å²) in [4.78, 5) is 15.4. The number of pyridine rings is 1. The number of esters is 1. The summed E-state index contributed by atoms with van der Waals surface area (Å²) < 4.78 is 11.2. The van der Waals surface area contributed by atoms with Gasteiger partial charge in [-0.3, -0.25) is 4.98 Å². The van der Waals surface area contributed by atoms with Gasteiger partial charge in [-0.15, -0.1) is 0 Å². The largest absolute Gasteiger partial charge is 0.451 e. The van der Waals surface area contributed by atoms with E-state index in [9.17, 15) is 4.79 Å². The zero-order valence-corrected chi connectivity index (χ0v) is 9.29. The van der Waals surface area contributed by atoms with Gasteiger partial charge in [0, 0.05) is 26.2 Å². The summed E-state index contributed by atoms with van der Waals surface area (Å²) in [5.74, 6) is -0.847. The fourth-order valence-electron chi connectivity index (χ4n) is 1.22. The number of hydrogen-bond donors (Lipinski definition) is 0. The van der Waals surface area contributed by atoms with E-state index in [2.05, 4.69) is 20.9 Å². The highest BCUT2D eigenvalue weighted by molar-refractivity contribution is 9.10. The van der Waals surface area contributed by atoms with Crippen LogP contribution in [0.4, 0.5) is 0 Å². The van der Waals surface area contributed by atoms with Crippen molar-refractivity contribution in [2.75, 3.05) is 0 Å². The second-order valence-electron chi connectivity index (χ2n) is 3.39. The van der Waals surface area contributed by atoms with Crippen molar-refractivity contribution in [3.05, 3.63) is 22.4 Å². The van der Waals surface area contributed by atoms with Gasteiger partial charge in [-0.1, -0.05) is 0 Å². The van der Waals surface area contributed by atoms with Gasteiger partial charge in [0.25, 0.3) is 0 Å². The third-order valence-corrected chi connectivity index (χ3v) is 2.32. The molecule has 1 aromatic heterocycles. The van der Waals surface area contributed by atoms with Crippen molar-refractivity contribution < 1.29 is 14.3 Å². The minimum Gasteiger partial charge on any atom is -0.451 e. The van der Waals surface area contributed by atoms with Gasteiger partial charge < -0.3 is 9.47 Å². The first kappa shape index (κ1) is 9.45. The summed E-state index contributed by atoms with van der Waals surface area (Å²) in [6.45, 7) is 3.36. The average Bonchev–Trinajstić information content (AvgIpc) is 2.05. The highest BCUT2D eigenvalue weighted by atomic mass is 79.9. The van der Waals surface area contributed by atoms with Crippen LogP contribution in [-0.4, -0.2) is 16.7 Å². The van der Waals surface area contributed by atoms with Gasteiger partial charge in [0.1, 0.15) is 5.56 Å². The zero-order valence-electron chi connectivity index (χ0n) is 7.70. The molecule has 0 unspecified atom stereocenters. The standard InChI is InChI=1S/C9H8BrNO3/c1-9(2)13-7-5(8(12)14-9)3-11-4-6(7)10/h3-4H,1-2H3. The molecule has 0 amide bonds. The number of rotatable bonds is 0. The molecule has 1 aromatic rings. The van der Waals surface area contributed by atoms with Gasteiger partial charge in [-0.05, 0) is 15.9 Å². The number of carbonyl (C=O) groups is 1. The predicted molar refractivity (Wildman–Crippen MR) is 52.1 cm³/mol. The van der Waals surface area contributed by atoms with Crippen molar-refractivity contribution >= 4 is 21.9 Å². The number of halogens is 1. The van der Waals surface area contributed by atoms with Gasteiger partial charge >= 0.3 is 5.97 Å². The first-order valence-corrected chi connectivity index (χ1v) is 4.85. The second kappa shape index (κ2) is 2.95. The van der Waals surface area contributed by atoms with Crippen LogP contribution in [-0.2, 0) is 4.74 Å². The van der Waals surface area contributed by atoms with E-state index < -0.39 is 11.8 Å². The first-order valence-electron chi connectivity index (χ1n) is 4.05. The SMILES string of the molecule is CC1(C)OC(=O)c2cncc(Br)c2O1.